The standard InChI is InChI=1S/C15H23NO3/c1-12(11-17)10-16-15(18)5-3-4-13-6-8-14(19-2)9-7-13/h6-9,12,17H,3-5,10-11H2,1-2H3,(H,16,18). The molecule has 1 unspecified atom stereocenters. The van der Waals surface area contributed by atoms with E-state index in [1.54, 1.807) is 7.11 Å². The van der Waals surface area contributed by atoms with Crippen LogP contribution in [0.2, 0.25) is 0 Å². The zero-order valence-corrected chi connectivity index (χ0v) is 11.7. The number of amides is 1. The van der Waals surface area contributed by atoms with Crippen LogP contribution in [-0.2, 0) is 11.2 Å². The van der Waals surface area contributed by atoms with E-state index in [9.17, 15) is 4.79 Å². The zero-order chi connectivity index (χ0) is 14.1. The molecule has 19 heavy (non-hydrogen) atoms. The molecule has 106 valence electrons. The van der Waals surface area contributed by atoms with Crippen molar-refractivity contribution in [2.24, 2.45) is 5.92 Å². The summed E-state index contributed by atoms with van der Waals surface area (Å²) in [5, 5.41) is 11.7. The molecule has 0 aliphatic heterocycles. The van der Waals surface area contributed by atoms with Gasteiger partial charge in [-0.25, -0.2) is 0 Å². The number of carbonyl (C=O) groups is 1. The van der Waals surface area contributed by atoms with E-state index in [0.29, 0.717) is 13.0 Å². The molecule has 0 aliphatic carbocycles. The third kappa shape index (κ3) is 6.25. The highest BCUT2D eigenvalue weighted by Crippen LogP contribution is 2.13. The van der Waals surface area contributed by atoms with Gasteiger partial charge in [-0.15, -0.1) is 0 Å². The topological polar surface area (TPSA) is 58.6 Å². The van der Waals surface area contributed by atoms with E-state index >= 15 is 0 Å². The Morgan fingerprint density at radius 2 is 2.05 bits per heavy atom. The number of nitrogens with one attached hydrogen (secondary N) is 1. The maximum Gasteiger partial charge on any atom is 0.220 e. The van der Waals surface area contributed by atoms with Crippen molar-refractivity contribution in [2.45, 2.75) is 26.2 Å². The lowest BCUT2D eigenvalue weighted by Gasteiger charge is -2.09. The summed E-state index contributed by atoms with van der Waals surface area (Å²) in [6.45, 7) is 2.54. The Hall–Kier alpha value is -1.55. The predicted molar refractivity (Wildman–Crippen MR) is 75.2 cm³/mol. The highest BCUT2D eigenvalue weighted by molar-refractivity contribution is 5.75. The SMILES string of the molecule is COc1ccc(CCCC(=O)NCC(C)CO)cc1. The van der Waals surface area contributed by atoms with E-state index in [1.807, 2.05) is 31.2 Å². The van der Waals surface area contributed by atoms with Gasteiger partial charge in [0.2, 0.25) is 5.91 Å². The van der Waals surface area contributed by atoms with Gasteiger partial charge < -0.3 is 15.2 Å². The van der Waals surface area contributed by atoms with Crippen LogP contribution in [-0.4, -0.2) is 31.3 Å². The number of ether oxygens (including phenoxy) is 1. The molecule has 0 radical (unpaired) electrons. The molecule has 2 N–H and O–H groups in total. The molecule has 0 fully saturated rings. The van der Waals surface area contributed by atoms with Crippen molar-refractivity contribution in [3.8, 4) is 5.75 Å². The maximum atomic E-state index is 11.5. The fraction of sp³-hybridized carbons (Fsp3) is 0.533. The molecule has 1 aromatic carbocycles. The fourth-order valence-corrected chi connectivity index (χ4v) is 1.69. The molecule has 1 rings (SSSR count). The largest absolute Gasteiger partial charge is 0.497 e. The quantitative estimate of drug-likeness (QED) is 0.753. The molecule has 0 saturated heterocycles. The first-order valence-corrected chi connectivity index (χ1v) is 6.66. The summed E-state index contributed by atoms with van der Waals surface area (Å²) in [4.78, 5) is 11.5. The van der Waals surface area contributed by atoms with Crippen molar-refractivity contribution in [3.05, 3.63) is 29.8 Å². The van der Waals surface area contributed by atoms with E-state index in [0.717, 1.165) is 18.6 Å². The Morgan fingerprint density at radius 3 is 2.63 bits per heavy atom. The Kier molecular flexibility index (Phi) is 6.97. The summed E-state index contributed by atoms with van der Waals surface area (Å²) in [6, 6.07) is 7.89. The molecule has 1 atom stereocenters. The van der Waals surface area contributed by atoms with Gasteiger partial charge in [-0.05, 0) is 36.5 Å². The Morgan fingerprint density at radius 1 is 1.37 bits per heavy atom. The van der Waals surface area contributed by atoms with Crippen LogP contribution >= 0.6 is 0 Å². The van der Waals surface area contributed by atoms with Crippen LogP contribution in [0.25, 0.3) is 0 Å². The lowest BCUT2D eigenvalue weighted by molar-refractivity contribution is -0.121. The summed E-state index contributed by atoms with van der Waals surface area (Å²) in [5.74, 6) is 1.01. The average Bonchev–Trinajstić information content (AvgIpc) is 2.45. The number of aliphatic hydroxyl groups is 1. The number of rotatable bonds is 8. The molecule has 4 heteroatoms. The van der Waals surface area contributed by atoms with Crippen LogP contribution in [0.3, 0.4) is 0 Å². The van der Waals surface area contributed by atoms with Gasteiger partial charge >= 0.3 is 0 Å². The fourth-order valence-electron chi connectivity index (χ4n) is 1.69. The number of methoxy groups -OCH3 is 1. The summed E-state index contributed by atoms with van der Waals surface area (Å²) in [7, 11) is 1.65. The molecule has 0 spiro atoms. The van der Waals surface area contributed by atoms with Crippen LogP contribution in [0.1, 0.15) is 25.3 Å². The highest BCUT2D eigenvalue weighted by atomic mass is 16.5. The van der Waals surface area contributed by atoms with E-state index in [4.69, 9.17) is 9.84 Å². The Balaban J connectivity index is 2.20. The van der Waals surface area contributed by atoms with Gasteiger partial charge in [0.25, 0.3) is 0 Å². The number of aryl methyl sites for hydroxylation is 1. The van der Waals surface area contributed by atoms with Crippen molar-refractivity contribution in [1.29, 1.82) is 0 Å². The van der Waals surface area contributed by atoms with Gasteiger partial charge in [0, 0.05) is 19.6 Å². The molecule has 0 aliphatic rings. The van der Waals surface area contributed by atoms with Gasteiger partial charge in [0.1, 0.15) is 5.75 Å². The second kappa shape index (κ2) is 8.53. The van der Waals surface area contributed by atoms with Crippen LogP contribution in [0.15, 0.2) is 24.3 Å². The van der Waals surface area contributed by atoms with Gasteiger partial charge in [0.15, 0.2) is 0 Å². The summed E-state index contributed by atoms with van der Waals surface area (Å²) in [6.07, 6.45) is 2.23. The molecular formula is C15H23NO3. The van der Waals surface area contributed by atoms with Crippen molar-refractivity contribution < 1.29 is 14.6 Å². The number of hydrogen-bond donors (Lipinski definition) is 2. The molecule has 0 saturated carbocycles. The van der Waals surface area contributed by atoms with Crippen molar-refractivity contribution >= 4 is 5.91 Å². The van der Waals surface area contributed by atoms with E-state index in [-0.39, 0.29) is 18.4 Å². The van der Waals surface area contributed by atoms with Gasteiger partial charge in [-0.3, -0.25) is 4.79 Å². The van der Waals surface area contributed by atoms with Crippen molar-refractivity contribution in [3.63, 3.8) is 0 Å². The first-order chi connectivity index (χ1) is 9.15. The number of carbonyl (C=O) groups excluding carboxylic acids is 1. The third-order valence-electron chi connectivity index (χ3n) is 2.99. The monoisotopic (exact) mass is 265 g/mol. The Bertz CT molecular complexity index is 375. The Labute approximate surface area is 114 Å². The van der Waals surface area contributed by atoms with Crippen molar-refractivity contribution in [2.75, 3.05) is 20.3 Å². The molecular weight excluding hydrogens is 242 g/mol. The minimum atomic E-state index is 0.0498. The average molecular weight is 265 g/mol. The lowest BCUT2D eigenvalue weighted by atomic mass is 10.1. The molecule has 1 aromatic rings. The summed E-state index contributed by atoms with van der Waals surface area (Å²) >= 11 is 0. The summed E-state index contributed by atoms with van der Waals surface area (Å²) in [5.41, 5.74) is 1.21. The van der Waals surface area contributed by atoms with Crippen LogP contribution in [0.4, 0.5) is 0 Å². The lowest BCUT2D eigenvalue weighted by Crippen LogP contribution is -2.29. The minimum Gasteiger partial charge on any atom is -0.497 e. The first kappa shape index (κ1) is 15.5. The number of aliphatic hydroxyl groups excluding tert-OH is 1. The maximum absolute atomic E-state index is 11.5. The predicted octanol–water partition coefficient (Wildman–Crippen LogP) is 1.76. The molecule has 4 nitrogen and oxygen atoms in total. The highest BCUT2D eigenvalue weighted by Gasteiger charge is 2.04. The summed E-state index contributed by atoms with van der Waals surface area (Å²) < 4.78 is 5.09. The van der Waals surface area contributed by atoms with Crippen LogP contribution < -0.4 is 10.1 Å². The second-order valence-electron chi connectivity index (χ2n) is 4.79. The molecule has 0 heterocycles. The minimum absolute atomic E-state index is 0.0498. The van der Waals surface area contributed by atoms with Gasteiger partial charge in [-0.2, -0.15) is 0 Å². The van der Waals surface area contributed by atoms with Gasteiger partial charge in [0.05, 0.1) is 7.11 Å². The van der Waals surface area contributed by atoms with E-state index in [2.05, 4.69) is 5.32 Å². The second-order valence-corrected chi connectivity index (χ2v) is 4.79. The zero-order valence-electron chi connectivity index (χ0n) is 11.7. The van der Waals surface area contributed by atoms with E-state index in [1.165, 1.54) is 5.56 Å². The van der Waals surface area contributed by atoms with Crippen LogP contribution in [0, 0.1) is 5.92 Å². The normalized spacial score (nSPS) is 11.9. The van der Waals surface area contributed by atoms with Gasteiger partial charge in [-0.1, -0.05) is 19.1 Å². The number of benzene rings is 1. The number of hydrogen-bond acceptors (Lipinski definition) is 3. The van der Waals surface area contributed by atoms with Crippen LogP contribution in [0.5, 0.6) is 5.75 Å². The smallest absolute Gasteiger partial charge is 0.220 e. The molecule has 0 bridgehead atoms. The van der Waals surface area contributed by atoms with E-state index < -0.39 is 0 Å². The molecule has 1 amide bonds. The first-order valence-electron chi connectivity index (χ1n) is 6.66. The third-order valence-corrected chi connectivity index (χ3v) is 2.99. The van der Waals surface area contributed by atoms with Crippen molar-refractivity contribution in [1.82, 2.24) is 5.32 Å². The molecule has 0 aromatic heterocycles.